The molecule has 5 heteroatoms. The van der Waals surface area contributed by atoms with Gasteiger partial charge in [-0.1, -0.05) is 12.1 Å². The van der Waals surface area contributed by atoms with Crippen LogP contribution in [0.3, 0.4) is 0 Å². The summed E-state index contributed by atoms with van der Waals surface area (Å²) in [6.45, 7) is 3.61. The van der Waals surface area contributed by atoms with Gasteiger partial charge in [-0.15, -0.1) is 0 Å². The highest BCUT2D eigenvalue weighted by molar-refractivity contribution is 5.65. The van der Waals surface area contributed by atoms with Crippen LogP contribution in [0.15, 0.2) is 42.6 Å². The molecule has 0 spiro atoms. The highest BCUT2D eigenvalue weighted by Crippen LogP contribution is 2.33. The normalized spacial score (nSPS) is 20.9. The summed E-state index contributed by atoms with van der Waals surface area (Å²) in [6, 6.07) is 12.3. The fourth-order valence-corrected chi connectivity index (χ4v) is 4.14. The predicted molar refractivity (Wildman–Crippen MR) is 106 cm³/mol. The molecule has 0 amide bonds. The number of hydrogen-bond donors (Lipinski definition) is 0. The van der Waals surface area contributed by atoms with Crippen LogP contribution in [0.1, 0.15) is 37.4 Å². The van der Waals surface area contributed by atoms with Gasteiger partial charge >= 0.3 is 0 Å². The monoisotopic (exact) mass is 362 g/mol. The molecule has 0 N–H and O–H groups in total. The number of pyridine rings is 1. The van der Waals surface area contributed by atoms with Crippen LogP contribution in [-0.2, 0) is 0 Å². The van der Waals surface area contributed by atoms with Crippen LogP contribution >= 0.6 is 0 Å². The van der Waals surface area contributed by atoms with Gasteiger partial charge in [-0.2, -0.15) is 5.10 Å². The minimum Gasteiger partial charge on any atom is -0.497 e. The van der Waals surface area contributed by atoms with Crippen molar-refractivity contribution in [2.75, 3.05) is 26.7 Å². The van der Waals surface area contributed by atoms with E-state index < -0.39 is 0 Å². The Morgan fingerprint density at radius 1 is 1.11 bits per heavy atom. The quantitative estimate of drug-likeness (QED) is 0.688. The van der Waals surface area contributed by atoms with E-state index in [1.807, 2.05) is 16.6 Å². The van der Waals surface area contributed by atoms with Crippen molar-refractivity contribution in [2.45, 2.75) is 31.6 Å². The fraction of sp³-hybridized carbons (Fsp3) is 0.455. The van der Waals surface area contributed by atoms with Gasteiger partial charge in [0.1, 0.15) is 5.75 Å². The van der Waals surface area contributed by atoms with Gasteiger partial charge in [0.05, 0.1) is 7.11 Å². The first-order chi connectivity index (χ1) is 13.3. The Morgan fingerprint density at radius 3 is 2.89 bits per heavy atom. The topological polar surface area (TPSA) is 42.7 Å². The Kier molecular flexibility index (Phi) is 4.32. The van der Waals surface area contributed by atoms with E-state index >= 15 is 0 Å². The third-order valence-electron chi connectivity index (χ3n) is 5.83. The number of hydrogen-bond acceptors (Lipinski definition) is 4. The first-order valence-corrected chi connectivity index (χ1v) is 10.0. The van der Waals surface area contributed by atoms with Crippen molar-refractivity contribution in [3.8, 4) is 16.9 Å². The number of nitrogens with zero attached hydrogens (tertiary/aromatic N) is 4. The van der Waals surface area contributed by atoms with Crippen LogP contribution in [0.4, 0.5) is 0 Å². The molecule has 140 valence electrons. The zero-order valence-electron chi connectivity index (χ0n) is 15.8. The van der Waals surface area contributed by atoms with Crippen molar-refractivity contribution in [1.29, 1.82) is 0 Å². The van der Waals surface area contributed by atoms with Crippen molar-refractivity contribution < 1.29 is 4.74 Å². The third-order valence-corrected chi connectivity index (χ3v) is 5.83. The third kappa shape index (κ3) is 3.56. The molecular formula is C22H26N4O. The Bertz CT molecular complexity index is 946. The van der Waals surface area contributed by atoms with Gasteiger partial charge in [0, 0.05) is 30.8 Å². The van der Waals surface area contributed by atoms with E-state index in [0.29, 0.717) is 5.92 Å². The molecule has 0 bridgehead atoms. The maximum Gasteiger partial charge on any atom is 0.156 e. The molecular weight excluding hydrogens is 336 g/mol. The van der Waals surface area contributed by atoms with E-state index in [2.05, 4.69) is 35.4 Å². The van der Waals surface area contributed by atoms with Crippen LogP contribution in [0.5, 0.6) is 5.75 Å². The first-order valence-electron chi connectivity index (χ1n) is 10.0. The molecule has 1 aliphatic heterocycles. The second-order valence-electron chi connectivity index (χ2n) is 7.96. The lowest BCUT2D eigenvalue weighted by atomic mass is 9.97. The van der Waals surface area contributed by atoms with Gasteiger partial charge in [0.2, 0.25) is 0 Å². The number of likely N-dealkylation sites (tertiary alicyclic amines) is 1. The molecule has 2 fully saturated rings. The summed E-state index contributed by atoms with van der Waals surface area (Å²) < 4.78 is 7.28. The van der Waals surface area contributed by atoms with Crippen molar-refractivity contribution >= 4 is 5.65 Å². The molecule has 0 unspecified atom stereocenters. The molecule has 1 aliphatic carbocycles. The lowest BCUT2D eigenvalue weighted by Crippen LogP contribution is -2.36. The Balaban J connectivity index is 1.40. The lowest BCUT2D eigenvalue weighted by Gasteiger charge is -2.31. The number of piperidine rings is 1. The van der Waals surface area contributed by atoms with Crippen molar-refractivity contribution in [1.82, 2.24) is 19.5 Å². The second-order valence-corrected chi connectivity index (χ2v) is 7.96. The largest absolute Gasteiger partial charge is 0.497 e. The van der Waals surface area contributed by atoms with Gasteiger partial charge in [-0.3, -0.25) is 0 Å². The first kappa shape index (κ1) is 16.8. The summed E-state index contributed by atoms with van der Waals surface area (Å²) in [5.41, 5.74) is 3.18. The van der Waals surface area contributed by atoms with E-state index in [4.69, 9.17) is 14.8 Å². The molecule has 2 aliphatic rings. The summed E-state index contributed by atoms with van der Waals surface area (Å²) in [6.07, 6.45) is 7.36. The summed E-state index contributed by atoms with van der Waals surface area (Å²) >= 11 is 0. The molecule has 1 saturated heterocycles. The Morgan fingerprint density at radius 2 is 2.04 bits per heavy atom. The maximum absolute atomic E-state index is 5.35. The second kappa shape index (κ2) is 6.97. The average Bonchev–Trinajstić information content (AvgIpc) is 3.42. The molecule has 5 rings (SSSR count). The zero-order valence-corrected chi connectivity index (χ0v) is 15.8. The Labute approximate surface area is 160 Å². The zero-order chi connectivity index (χ0) is 18.2. The van der Waals surface area contributed by atoms with Crippen LogP contribution in [0, 0.1) is 5.92 Å². The SMILES string of the molecule is COc1cccc(-c2ccc3nc([C@@H]4CCCN(CC5CC5)C4)nn3c2)c1. The fourth-order valence-electron chi connectivity index (χ4n) is 4.14. The summed E-state index contributed by atoms with van der Waals surface area (Å²) in [7, 11) is 1.70. The van der Waals surface area contributed by atoms with Crippen molar-refractivity contribution in [3.05, 3.63) is 48.4 Å². The molecule has 1 saturated carbocycles. The summed E-state index contributed by atoms with van der Waals surface area (Å²) in [5.74, 6) is 3.27. The number of aromatic nitrogens is 3. The van der Waals surface area contributed by atoms with Crippen LogP contribution < -0.4 is 4.74 Å². The van der Waals surface area contributed by atoms with Gasteiger partial charge in [0.15, 0.2) is 11.5 Å². The predicted octanol–water partition coefficient (Wildman–Crippen LogP) is 3.99. The highest BCUT2D eigenvalue weighted by atomic mass is 16.5. The summed E-state index contributed by atoms with van der Waals surface area (Å²) in [5, 5.41) is 4.84. The van der Waals surface area contributed by atoms with E-state index in [1.165, 1.54) is 38.8 Å². The molecule has 0 radical (unpaired) electrons. The van der Waals surface area contributed by atoms with Gasteiger partial charge < -0.3 is 9.64 Å². The molecule has 3 heterocycles. The van der Waals surface area contributed by atoms with Gasteiger partial charge in [-0.25, -0.2) is 9.50 Å². The molecule has 3 aromatic rings. The van der Waals surface area contributed by atoms with Gasteiger partial charge in [-0.05, 0) is 68.0 Å². The molecule has 1 aromatic carbocycles. The number of methoxy groups -OCH3 is 1. The lowest BCUT2D eigenvalue weighted by molar-refractivity contribution is 0.197. The van der Waals surface area contributed by atoms with E-state index in [9.17, 15) is 0 Å². The Hall–Kier alpha value is -2.40. The smallest absolute Gasteiger partial charge is 0.156 e. The van der Waals surface area contributed by atoms with E-state index in [1.54, 1.807) is 7.11 Å². The van der Waals surface area contributed by atoms with Crippen LogP contribution in [-0.4, -0.2) is 46.2 Å². The minimum absolute atomic E-state index is 0.456. The molecule has 27 heavy (non-hydrogen) atoms. The van der Waals surface area contributed by atoms with Crippen molar-refractivity contribution in [3.63, 3.8) is 0 Å². The number of benzene rings is 1. The highest BCUT2D eigenvalue weighted by Gasteiger charge is 2.29. The summed E-state index contributed by atoms with van der Waals surface area (Å²) in [4.78, 5) is 7.46. The maximum atomic E-state index is 5.35. The molecule has 2 aromatic heterocycles. The molecule has 5 nitrogen and oxygen atoms in total. The van der Waals surface area contributed by atoms with Crippen molar-refractivity contribution in [2.24, 2.45) is 5.92 Å². The molecule has 1 atom stereocenters. The van der Waals surface area contributed by atoms with Gasteiger partial charge in [0.25, 0.3) is 0 Å². The van der Waals surface area contributed by atoms with Crippen LogP contribution in [0.2, 0.25) is 0 Å². The van der Waals surface area contributed by atoms with Crippen LogP contribution in [0.25, 0.3) is 16.8 Å². The van der Waals surface area contributed by atoms with E-state index in [-0.39, 0.29) is 0 Å². The number of fused-ring (bicyclic) bond motifs is 1. The minimum atomic E-state index is 0.456. The average molecular weight is 362 g/mol. The standard InChI is InChI=1S/C22H26N4O/c1-27-20-6-2-4-17(12-20)18-9-10-21-23-22(24-26(21)15-18)19-5-3-11-25(14-19)13-16-7-8-16/h2,4,6,9-10,12,15-16,19H,3,5,7-8,11,13-14H2,1H3/t19-/m1/s1. The number of ether oxygens (including phenoxy) is 1. The number of rotatable bonds is 5. The van der Waals surface area contributed by atoms with E-state index in [0.717, 1.165) is 40.8 Å².